The summed E-state index contributed by atoms with van der Waals surface area (Å²) in [6.07, 6.45) is 4.04. The summed E-state index contributed by atoms with van der Waals surface area (Å²) in [5.41, 5.74) is 2.09. The Hall–Kier alpha value is -1.33. The predicted octanol–water partition coefficient (Wildman–Crippen LogP) is 4.42. The average molecular weight is 347 g/mol. The van der Waals surface area contributed by atoms with Crippen LogP contribution in [0.4, 0.5) is 0 Å². The number of likely N-dealkylation sites (tertiary alicyclic amines) is 1. The molecule has 3 nitrogen and oxygen atoms in total. The number of carbonyl (C=O) groups excluding carboxylic acids is 1. The number of thioether (sulfide) groups is 1. The topological polar surface area (TPSA) is 33.2 Å². The summed E-state index contributed by atoms with van der Waals surface area (Å²) in [6, 6.07) is 8.11. The van der Waals surface area contributed by atoms with E-state index in [1.165, 1.54) is 5.56 Å². The molecule has 1 unspecified atom stereocenters. The van der Waals surface area contributed by atoms with Crippen molar-refractivity contribution >= 4 is 29.0 Å². The minimum absolute atomic E-state index is 0.154. The molecular weight excluding hydrogens is 324 g/mol. The van der Waals surface area contributed by atoms with Crippen molar-refractivity contribution in [3.8, 4) is 0 Å². The van der Waals surface area contributed by atoms with E-state index < -0.39 is 0 Å². The number of hydrogen-bond acceptors (Lipinski definition) is 4. The zero-order chi connectivity index (χ0) is 16.1. The van der Waals surface area contributed by atoms with Gasteiger partial charge in [-0.2, -0.15) is 11.8 Å². The smallest absolute Gasteiger partial charge is 0.253 e. The van der Waals surface area contributed by atoms with Crippen molar-refractivity contribution in [1.82, 2.24) is 9.88 Å². The van der Waals surface area contributed by atoms with Crippen molar-refractivity contribution in [3.05, 3.63) is 52.0 Å². The maximum Gasteiger partial charge on any atom is 0.253 e. The largest absolute Gasteiger partial charge is 0.338 e. The van der Waals surface area contributed by atoms with Gasteiger partial charge in [0, 0.05) is 41.9 Å². The summed E-state index contributed by atoms with van der Waals surface area (Å²) in [7, 11) is 0. The molecule has 1 atom stereocenters. The fourth-order valence-corrected chi connectivity index (χ4v) is 4.35. The first-order valence-corrected chi connectivity index (χ1v) is 10.2. The second-order valence-corrected chi connectivity index (χ2v) is 8.00. The van der Waals surface area contributed by atoms with Crippen LogP contribution in [0.15, 0.2) is 35.8 Å². The van der Waals surface area contributed by atoms with E-state index in [0.717, 1.165) is 48.0 Å². The lowest BCUT2D eigenvalue weighted by Gasteiger charge is -2.32. The lowest BCUT2D eigenvalue weighted by atomic mass is 9.98. The van der Waals surface area contributed by atoms with Gasteiger partial charge in [-0.05, 0) is 36.3 Å². The van der Waals surface area contributed by atoms with Gasteiger partial charge in [-0.15, -0.1) is 11.3 Å². The summed E-state index contributed by atoms with van der Waals surface area (Å²) in [5.74, 6) is 2.68. The highest BCUT2D eigenvalue weighted by Crippen LogP contribution is 2.29. The number of benzene rings is 1. The number of thiazole rings is 1. The standard InChI is InChI=1S/C18H22N2OS2/c1-2-22-13-14-5-7-15(8-6-14)18(21)20-10-3-4-16(12-20)17-19-9-11-23-17/h5-9,11,16H,2-4,10,12-13H2,1H3. The average Bonchev–Trinajstić information content (AvgIpc) is 3.14. The summed E-state index contributed by atoms with van der Waals surface area (Å²) in [4.78, 5) is 19.2. The molecule has 0 N–H and O–H groups in total. The van der Waals surface area contributed by atoms with Crippen molar-refractivity contribution in [2.24, 2.45) is 0 Å². The van der Waals surface area contributed by atoms with Crippen LogP contribution in [0.5, 0.6) is 0 Å². The molecule has 1 fully saturated rings. The van der Waals surface area contributed by atoms with Crippen molar-refractivity contribution in [2.75, 3.05) is 18.8 Å². The first-order valence-electron chi connectivity index (χ1n) is 8.13. The Balaban J connectivity index is 1.65. The molecule has 1 aromatic carbocycles. The van der Waals surface area contributed by atoms with E-state index in [-0.39, 0.29) is 5.91 Å². The van der Waals surface area contributed by atoms with Crippen LogP contribution in [0, 0.1) is 0 Å². The van der Waals surface area contributed by atoms with Gasteiger partial charge in [-0.1, -0.05) is 19.1 Å². The normalized spacial score (nSPS) is 18.1. The number of carbonyl (C=O) groups is 1. The van der Waals surface area contributed by atoms with Gasteiger partial charge < -0.3 is 4.90 Å². The van der Waals surface area contributed by atoms with E-state index in [4.69, 9.17) is 0 Å². The van der Waals surface area contributed by atoms with Gasteiger partial charge in [0.25, 0.3) is 5.91 Å². The fourth-order valence-electron chi connectivity index (χ4n) is 2.95. The van der Waals surface area contributed by atoms with E-state index in [2.05, 4.69) is 24.0 Å². The van der Waals surface area contributed by atoms with Gasteiger partial charge in [0.05, 0.1) is 5.01 Å². The third-order valence-corrected chi connectivity index (χ3v) is 6.07. The molecule has 1 aliphatic rings. The Bertz CT molecular complexity index is 625. The number of hydrogen-bond donors (Lipinski definition) is 0. The lowest BCUT2D eigenvalue weighted by Crippen LogP contribution is -2.39. The Morgan fingerprint density at radius 3 is 2.91 bits per heavy atom. The van der Waals surface area contributed by atoms with Crippen LogP contribution in [-0.4, -0.2) is 34.6 Å². The van der Waals surface area contributed by atoms with Crippen molar-refractivity contribution in [2.45, 2.75) is 31.4 Å². The van der Waals surface area contributed by atoms with Crippen molar-refractivity contribution < 1.29 is 4.79 Å². The van der Waals surface area contributed by atoms with Crippen molar-refractivity contribution in [1.29, 1.82) is 0 Å². The Labute approximate surface area is 146 Å². The molecule has 1 saturated heterocycles. The van der Waals surface area contributed by atoms with Crippen LogP contribution >= 0.6 is 23.1 Å². The summed E-state index contributed by atoms with van der Waals surface area (Å²) in [5, 5.41) is 3.18. The zero-order valence-electron chi connectivity index (χ0n) is 13.4. The van der Waals surface area contributed by atoms with Gasteiger partial charge in [0.15, 0.2) is 0 Å². The van der Waals surface area contributed by atoms with Crippen LogP contribution in [-0.2, 0) is 5.75 Å². The van der Waals surface area contributed by atoms with Crippen LogP contribution < -0.4 is 0 Å². The van der Waals surface area contributed by atoms with Gasteiger partial charge in [0.2, 0.25) is 0 Å². The lowest BCUT2D eigenvalue weighted by molar-refractivity contribution is 0.0707. The molecule has 3 rings (SSSR count). The van der Waals surface area contributed by atoms with Gasteiger partial charge in [-0.25, -0.2) is 4.98 Å². The van der Waals surface area contributed by atoms with Crippen LogP contribution in [0.25, 0.3) is 0 Å². The molecule has 0 spiro atoms. The van der Waals surface area contributed by atoms with Crippen LogP contribution in [0.1, 0.15) is 46.6 Å². The molecular formula is C18H22N2OS2. The molecule has 5 heteroatoms. The van der Waals surface area contributed by atoms with Gasteiger partial charge in [-0.3, -0.25) is 4.79 Å². The Morgan fingerprint density at radius 1 is 1.39 bits per heavy atom. The molecule has 2 heterocycles. The fraction of sp³-hybridized carbons (Fsp3) is 0.444. The minimum atomic E-state index is 0.154. The number of piperidine rings is 1. The van der Waals surface area contributed by atoms with E-state index in [1.54, 1.807) is 11.3 Å². The van der Waals surface area contributed by atoms with Gasteiger partial charge in [0.1, 0.15) is 0 Å². The van der Waals surface area contributed by atoms with E-state index in [9.17, 15) is 4.79 Å². The second-order valence-electron chi connectivity index (χ2n) is 5.79. The molecule has 1 amide bonds. The quantitative estimate of drug-likeness (QED) is 0.804. The highest BCUT2D eigenvalue weighted by Gasteiger charge is 2.26. The molecule has 23 heavy (non-hydrogen) atoms. The zero-order valence-corrected chi connectivity index (χ0v) is 15.0. The van der Waals surface area contributed by atoms with Crippen LogP contribution in [0.3, 0.4) is 0 Å². The van der Waals surface area contributed by atoms with E-state index in [0.29, 0.717) is 5.92 Å². The maximum absolute atomic E-state index is 12.7. The first kappa shape index (κ1) is 16.5. The molecule has 0 radical (unpaired) electrons. The summed E-state index contributed by atoms with van der Waals surface area (Å²) in [6.45, 7) is 3.81. The van der Waals surface area contributed by atoms with Crippen molar-refractivity contribution in [3.63, 3.8) is 0 Å². The Morgan fingerprint density at radius 2 is 2.22 bits per heavy atom. The Kier molecular flexibility index (Phi) is 5.73. The van der Waals surface area contributed by atoms with E-state index in [1.807, 2.05) is 40.4 Å². The predicted molar refractivity (Wildman–Crippen MR) is 98.3 cm³/mol. The minimum Gasteiger partial charge on any atom is -0.338 e. The highest BCUT2D eigenvalue weighted by atomic mass is 32.2. The molecule has 0 bridgehead atoms. The summed E-state index contributed by atoms with van der Waals surface area (Å²) >= 11 is 3.60. The molecule has 1 aromatic heterocycles. The molecule has 0 saturated carbocycles. The number of amides is 1. The molecule has 0 aliphatic carbocycles. The number of nitrogens with zero attached hydrogens (tertiary/aromatic N) is 2. The second kappa shape index (κ2) is 7.97. The maximum atomic E-state index is 12.7. The SMILES string of the molecule is CCSCc1ccc(C(=O)N2CCCC(c3nccs3)C2)cc1. The third kappa shape index (κ3) is 4.15. The van der Waals surface area contributed by atoms with Gasteiger partial charge >= 0.3 is 0 Å². The van der Waals surface area contributed by atoms with E-state index >= 15 is 0 Å². The van der Waals surface area contributed by atoms with Crippen LogP contribution in [0.2, 0.25) is 0 Å². The third-order valence-electron chi connectivity index (χ3n) is 4.18. The number of rotatable bonds is 5. The molecule has 2 aromatic rings. The number of aromatic nitrogens is 1. The summed E-state index contributed by atoms with van der Waals surface area (Å²) < 4.78 is 0. The first-order chi connectivity index (χ1) is 11.3. The monoisotopic (exact) mass is 346 g/mol. The molecule has 1 aliphatic heterocycles. The molecule has 122 valence electrons. The highest BCUT2D eigenvalue weighted by molar-refractivity contribution is 7.98.